The zero-order valence-electron chi connectivity index (χ0n) is 15.0. The van der Waals surface area contributed by atoms with E-state index in [1.54, 1.807) is 0 Å². The topological polar surface area (TPSA) is 58.6 Å². The summed E-state index contributed by atoms with van der Waals surface area (Å²) in [6, 6.07) is 31.3. The monoisotopic (exact) mass is 380 g/mol. The molecular weight excluding hydrogens is 351 g/mol. The summed E-state index contributed by atoms with van der Waals surface area (Å²) >= 11 is 0. The first-order chi connectivity index (χ1) is 12.8. The minimum Gasteiger partial charge on any atom is -0.400 e. The van der Waals surface area contributed by atoms with E-state index in [0.717, 1.165) is 25.4 Å². The first kappa shape index (κ1) is 22.6. The SMILES string of the molecule is C.CO.NC(=NCCP(c1ccccc1)c1ccccc1)c1ccccc1. The van der Waals surface area contributed by atoms with Crippen molar-refractivity contribution in [3.8, 4) is 0 Å². The van der Waals surface area contributed by atoms with Crippen LogP contribution in [-0.2, 0) is 0 Å². The predicted molar refractivity (Wildman–Crippen MR) is 121 cm³/mol. The zero-order chi connectivity index (χ0) is 18.6. The van der Waals surface area contributed by atoms with E-state index in [0.29, 0.717) is 5.84 Å². The molecule has 0 unspecified atom stereocenters. The highest BCUT2D eigenvalue weighted by atomic mass is 31.1. The molecule has 3 aromatic carbocycles. The van der Waals surface area contributed by atoms with Crippen LogP contribution in [0.25, 0.3) is 0 Å². The van der Waals surface area contributed by atoms with E-state index >= 15 is 0 Å². The number of nitrogens with two attached hydrogens (primary N) is 1. The second-order valence-electron chi connectivity index (χ2n) is 5.46. The Kier molecular flexibility index (Phi) is 10.7. The second kappa shape index (κ2) is 12.8. The van der Waals surface area contributed by atoms with Crippen LogP contribution in [0.4, 0.5) is 0 Å². The molecule has 0 bridgehead atoms. The molecule has 3 rings (SSSR count). The molecule has 3 nitrogen and oxygen atoms in total. The van der Waals surface area contributed by atoms with Gasteiger partial charge in [-0.1, -0.05) is 98.4 Å². The van der Waals surface area contributed by atoms with Crippen LogP contribution in [-0.4, -0.2) is 30.8 Å². The number of hydrogen-bond acceptors (Lipinski definition) is 2. The van der Waals surface area contributed by atoms with Crippen molar-refractivity contribution in [1.82, 2.24) is 0 Å². The lowest BCUT2D eigenvalue weighted by molar-refractivity contribution is 0.399. The second-order valence-corrected chi connectivity index (χ2v) is 7.79. The maximum Gasteiger partial charge on any atom is 0.125 e. The van der Waals surface area contributed by atoms with Crippen LogP contribution in [0.5, 0.6) is 0 Å². The Balaban J connectivity index is 0.00000118. The summed E-state index contributed by atoms with van der Waals surface area (Å²) in [5.74, 6) is 0.617. The summed E-state index contributed by atoms with van der Waals surface area (Å²) in [6.45, 7) is 0.732. The molecule has 27 heavy (non-hydrogen) atoms. The summed E-state index contributed by atoms with van der Waals surface area (Å²) in [6.07, 6.45) is 0.997. The van der Waals surface area contributed by atoms with Gasteiger partial charge in [0.15, 0.2) is 0 Å². The number of aliphatic hydroxyl groups excluding tert-OH is 1. The summed E-state index contributed by atoms with van der Waals surface area (Å²) in [4.78, 5) is 4.60. The normalized spacial score (nSPS) is 10.6. The van der Waals surface area contributed by atoms with Crippen LogP contribution in [0.15, 0.2) is 96.0 Å². The Morgan fingerprint density at radius 2 is 1.19 bits per heavy atom. The molecule has 0 spiro atoms. The van der Waals surface area contributed by atoms with E-state index in [9.17, 15) is 0 Å². The third-order valence-corrected chi connectivity index (χ3v) is 6.30. The van der Waals surface area contributed by atoms with Crippen LogP contribution in [0.2, 0.25) is 0 Å². The lowest BCUT2D eigenvalue weighted by atomic mass is 10.2. The van der Waals surface area contributed by atoms with Gasteiger partial charge in [-0.3, -0.25) is 4.99 Å². The van der Waals surface area contributed by atoms with Crippen molar-refractivity contribution in [3.05, 3.63) is 96.6 Å². The van der Waals surface area contributed by atoms with Gasteiger partial charge in [0, 0.05) is 19.2 Å². The molecule has 0 aliphatic heterocycles. The van der Waals surface area contributed by atoms with Gasteiger partial charge < -0.3 is 10.8 Å². The van der Waals surface area contributed by atoms with Gasteiger partial charge in [0.2, 0.25) is 0 Å². The minimum absolute atomic E-state index is 0. The van der Waals surface area contributed by atoms with Crippen LogP contribution < -0.4 is 16.3 Å². The molecule has 0 aromatic heterocycles. The van der Waals surface area contributed by atoms with Crippen LogP contribution in [0.1, 0.15) is 13.0 Å². The van der Waals surface area contributed by atoms with Crippen LogP contribution in [0.3, 0.4) is 0 Å². The highest BCUT2D eigenvalue weighted by Gasteiger charge is 2.12. The van der Waals surface area contributed by atoms with E-state index in [2.05, 4.69) is 65.7 Å². The highest BCUT2D eigenvalue weighted by Crippen LogP contribution is 2.32. The smallest absolute Gasteiger partial charge is 0.125 e. The van der Waals surface area contributed by atoms with Crippen molar-refractivity contribution < 1.29 is 5.11 Å². The average Bonchev–Trinajstić information content (AvgIpc) is 2.74. The van der Waals surface area contributed by atoms with Crippen molar-refractivity contribution in [2.24, 2.45) is 10.7 Å². The Hall–Kier alpha value is -2.48. The predicted octanol–water partition coefficient (Wildman–Crippen LogP) is 3.77. The lowest BCUT2D eigenvalue weighted by Crippen LogP contribution is -2.17. The van der Waals surface area contributed by atoms with Crippen molar-refractivity contribution in [2.45, 2.75) is 7.43 Å². The van der Waals surface area contributed by atoms with Crippen LogP contribution in [0, 0.1) is 0 Å². The zero-order valence-corrected chi connectivity index (χ0v) is 15.9. The van der Waals surface area contributed by atoms with E-state index in [1.807, 2.05) is 30.3 Å². The van der Waals surface area contributed by atoms with Crippen molar-refractivity contribution in [1.29, 1.82) is 0 Å². The molecule has 0 atom stereocenters. The van der Waals surface area contributed by atoms with Gasteiger partial charge in [-0.05, 0) is 24.7 Å². The Morgan fingerprint density at radius 3 is 1.63 bits per heavy atom. The highest BCUT2D eigenvalue weighted by molar-refractivity contribution is 7.73. The van der Waals surface area contributed by atoms with Crippen molar-refractivity contribution in [2.75, 3.05) is 19.8 Å². The van der Waals surface area contributed by atoms with Gasteiger partial charge in [0.1, 0.15) is 5.84 Å². The molecule has 0 heterocycles. The molecule has 0 aliphatic rings. The molecule has 0 saturated carbocycles. The number of rotatable bonds is 6. The van der Waals surface area contributed by atoms with E-state index in [4.69, 9.17) is 10.8 Å². The Bertz CT molecular complexity index is 738. The number of benzene rings is 3. The Morgan fingerprint density at radius 1 is 0.778 bits per heavy atom. The molecule has 3 aromatic rings. The first-order valence-corrected chi connectivity index (χ1v) is 10.0. The molecule has 3 N–H and O–H groups in total. The van der Waals surface area contributed by atoms with Gasteiger partial charge in [0.25, 0.3) is 0 Å². The average molecular weight is 380 g/mol. The number of aliphatic hydroxyl groups is 1. The standard InChI is InChI=1S/C21H21N2P.CH4O.CH4/c22-21(18-10-4-1-5-11-18)23-16-17-24(19-12-6-2-7-13-19)20-14-8-3-9-15-20;1-2;/h1-15H,16-17H2,(H2,22,23);2H,1H3;1H4. The molecule has 0 fully saturated rings. The molecule has 0 saturated heterocycles. The fourth-order valence-corrected chi connectivity index (χ4v) is 4.77. The Labute approximate surface area is 164 Å². The summed E-state index contributed by atoms with van der Waals surface area (Å²) in [5.41, 5.74) is 7.10. The quantitative estimate of drug-likeness (QED) is 0.389. The van der Waals surface area contributed by atoms with Gasteiger partial charge >= 0.3 is 0 Å². The van der Waals surface area contributed by atoms with Crippen molar-refractivity contribution >= 4 is 24.4 Å². The van der Waals surface area contributed by atoms with Gasteiger partial charge in [-0.2, -0.15) is 0 Å². The molecule has 142 valence electrons. The van der Waals surface area contributed by atoms with E-state index < -0.39 is 7.92 Å². The largest absolute Gasteiger partial charge is 0.400 e. The molecule has 0 radical (unpaired) electrons. The molecule has 0 aliphatic carbocycles. The van der Waals surface area contributed by atoms with Gasteiger partial charge in [-0.15, -0.1) is 0 Å². The number of hydrogen-bond donors (Lipinski definition) is 2. The maximum atomic E-state index is 7.00. The fourth-order valence-electron chi connectivity index (χ4n) is 2.59. The first-order valence-electron chi connectivity index (χ1n) is 8.52. The number of aliphatic imine (C=N–C) groups is 1. The van der Waals surface area contributed by atoms with Crippen LogP contribution >= 0.6 is 7.92 Å². The van der Waals surface area contributed by atoms with Gasteiger partial charge in [0.05, 0.1) is 0 Å². The minimum atomic E-state index is -0.413. The summed E-state index contributed by atoms with van der Waals surface area (Å²) in [5, 5.41) is 9.76. The van der Waals surface area contributed by atoms with E-state index in [1.165, 1.54) is 10.6 Å². The molecular formula is C23H29N2OP. The maximum absolute atomic E-state index is 7.00. The molecule has 0 amide bonds. The van der Waals surface area contributed by atoms with Crippen molar-refractivity contribution in [3.63, 3.8) is 0 Å². The fraction of sp³-hybridized carbons (Fsp3) is 0.174. The number of amidine groups is 1. The summed E-state index contributed by atoms with van der Waals surface area (Å²) < 4.78 is 0. The lowest BCUT2D eigenvalue weighted by Gasteiger charge is -2.17. The molecule has 4 heteroatoms. The summed E-state index contributed by atoms with van der Waals surface area (Å²) in [7, 11) is 0.587. The number of nitrogens with zero attached hydrogens (tertiary/aromatic N) is 1. The van der Waals surface area contributed by atoms with E-state index in [-0.39, 0.29) is 7.43 Å². The third kappa shape index (κ3) is 6.97. The van der Waals surface area contributed by atoms with Gasteiger partial charge in [-0.25, -0.2) is 0 Å². The third-order valence-electron chi connectivity index (χ3n) is 3.81.